The number of anilines is 2. The van der Waals surface area contributed by atoms with Crippen molar-refractivity contribution >= 4 is 51.3 Å². The number of para-hydroxylation sites is 1. The molecule has 0 radical (unpaired) electrons. The Balaban J connectivity index is 1.77. The molecule has 0 aliphatic carbocycles. The second kappa shape index (κ2) is 7.86. The van der Waals surface area contributed by atoms with Gasteiger partial charge >= 0.3 is 11.6 Å². The summed E-state index contributed by atoms with van der Waals surface area (Å²) < 4.78 is 5.76. The first-order valence-corrected chi connectivity index (χ1v) is 9.01. The minimum absolute atomic E-state index is 0.0858. The molecule has 4 aromatic rings. The lowest BCUT2D eigenvalue weighted by atomic mass is 10.2. The number of nitrogens with one attached hydrogen (secondary N) is 1. The van der Waals surface area contributed by atoms with E-state index in [9.17, 15) is 10.1 Å². The minimum Gasteiger partial charge on any atom is -0.431 e. The first kappa shape index (κ1) is 18.9. The Kier molecular flexibility index (Phi) is 5.11. The predicted octanol–water partition coefficient (Wildman–Crippen LogP) is 5.78. The van der Waals surface area contributed by atoms with Crippen molar-refractivity contribution in [3.05, 3.63) is 81.2 Å². The van der Waals surface area contributed by atoms with Gasteiger partial charge in [-0.15, -0.1) is 0 Å². The number of nitro groups is 1. The van der Waals surface area contributed by atoms with Gasteiger partial charge in [0.2, 0.25) is 5.82 Å². The molecule has 1 N–H and O–H groups in total. The largest absolute Gasteiger partial charge is 0.431 e. The molecule has 0 saturated heterocycles. The van der Waals surface area contributed by atoms with Gasteiger partial charge in [0, 0.05) is 16.6 Å². The van der Waals surface area contributed by atoms with E-state index in [-0.39, 0.29) is 11.7 Å². The van der Waals surface area contributed by atoms with Crippen LogP contribution in [-0.2, 0) is 0 Å². The molecule has 0 amide bonds. The molecule has 0 fully saturated rings. The van der Waals surface area contributed by atoms with Gasteiger partial charge in [0.1, 0.15) is 11.8 Å². The molecule has 4 rings (SSSR count). The van der Waals surface area contributed by atoms with Gasteiger partial charge in [-0.3, -0.25) is 15.1 Å². The highest BCUT2D eigenvalue weighted by molar-refractivity contribution is 6.35. The third-order valence-corrected chi connectivity index (χ3v) is 4.52. The fourth-order valence-electron chi connectivity index (χ4n) is 2.68. The molecule has 2 heterocycles. The van der Waals surface area contributed by atoms with E-state index < -0.39 is 10.6 Å². The summed E-state index contributed by atoms with van der Waals surface area (Å²) in [5, 5.41) is 16.1. The Labute approximate surface area is 174 Å². The maximum absolute atomic E-state index is 11.8. The number of hydrogen-bond acceptors (Lipinski definition) is 7. The van der Waals surface area contributed by atoms with Crippen LogP contribution in [0.3, 0.4) is 0 Å². The highest BCUT2D eigenvalue weighted by atomic mass is 35.5. The second-order valence-corrected chi connectivity index (χ2v) is 6.66. The summed E-state index contributed by atoms with van der Waals surface area (Å²) in [5.41, 5.74) is 0.463. The Morgan fingerprint density at radius 1 is 1.03 bits per heavy atom. The third-order valence-electron chi connectivity index (χ3n) is 3.96. The molecule has 2 aromatic heterocycles. The van der Waals surface area contributed by atoms with E-state index in [1.54, 1.807) is 36.5 Å². The molecule has 0 saturated carbocycles. The molecule has 10 heteroatoms. The summed E-state index contributed by atoms with van der Waals surface area (Å²) in [4.78, 5) is 23.3. The minimum atomic E-state index is -0.630. The molecule has 0 spiro atoms. The molecule has 0 aliphatic heterocycles. The normalized spacial score (nSPS) is 10.7. The first-order chi connectivity index (χ1) is 14.0. The first-order valence-electron chi connectivity index (χ1n) is 8.26. The van der Waals surface area contributed by atoms with Crippen LogP contribution in [0, 0.1) is 10.1 Å². The lowest BCUT2D eigenvalue weighted by molar-refractivity contribution is -0.385. The van der Waals surface area contributed by atoms with Gasteiger partial charge in [-0.2, -0.15) is 4.98 Å². The van der Waals surface area contributed by atoms with E-state index in [0.29, 0.717) is 27.0 Å². The van der Waals surface area contributed by atoms with Crippen molar-refractivity contribution in [2.24, 2.45) is 0 Å². The molecule has 2 aromatic carbocycles. The van der Waals surface area contributed by atoms with Gasteiger partial charge in [0.25, 0.3) is 0 Å². The molecule has 8 nitrogen and oxygen atoms in total. The summed E-state index contributed by atoms with van der Waals surface area (Å²) in [6, 6.07) is 13.6. The second-order valence-electron chi connectivity index (χ2n) is 5.82. The number of hydrogen-bond donors (Lipinski definition) is 1. The number of fused-ring (bicyclic) bond motifs is 1. The fraction of sp³-hybridized carbons (Fsp3) is 0. The highest BCUT2D eigenvalue weighted by Crippen LogP contribution is 2.38. The zero-order valence-corrected chi connectivity index (χ0v) is 16.1. The van der Waals surface area contributed by atoms with Crippen molar-refractivity contribution in [2.45, 2.75) is 0 Å². The average molecular weight is 428 g/mol. The molecule has 144 valence electrons. The number of pyridine rings is 1. The van der Waals surface area contributed by atoms with Crippen LogP contribution >= 0.6 is 23.2 Å². The molecular weight excluding hydrogens is 417 g/mol. The van der Waals surface area contributed by atoms with Crippen LogP contribution in [0.5, 0.6) is 11.6 Å². The summed E-state index contributed by atoms with van der Waals surface area (Å²) >= 11 is 12.1. The molecule has 0 atom stereocenters. The maximum Gasteiger partial charge on any atom is 0.373 e. The number of aromatic nitrogens is 3. The van der Waals surface area contributed by atoms with Crippen molar-refractivity contribution in [3.63, 3.8) is 0 Å². The summed E-state index contributed by atoms with van der Waals surface area (Å²) in [7, 11) is 0. The number of ether oxygens (including phenoxy) is 1. The van der Waals surface area contributed by atoms with E-state index in [4.69, 9.17) is 27.9 Å². The van der Waals surface area contributed by atoms with Crippen molar-refractivity contribution in [1.29, 1.82) is 0 Å². The van der Waals surface area contributed by atoms with Crippen molar-refractivity contribution < 1.29 is 9.66 Å². The Morgan fingerprint density at radius 3 is 2.69 bits per heavy atom. The summed E-state index contributed by atoms with van der Waals surface area (Å²) in [5.74, 6) is 0.0119. The third kappa shape index (κ3) is 3.89. The SMILES string of the molecule is O=[N+]([O-])c1c(Nc2cc(Cl)ccc2Cl)ncnc1Oc1cccc2cccnc12. The molecule has 0 unspecified atom stereocenters. The van der Waals surface area contributed by atoms with Crippen LogP contribution < -0.4 is 10.1 Å². The Morgan fingerprint density at radius 2 is 1.86 bits per heavy atom. The Hall–Kier alpha value is -3.49. The van der Waals surface area contributed by atoms with Crippen LogP contribution in [0.1, 0.15) is 0 Å². The lowest BCUT2D eigenvalue weighted by Gasteiger charge is -2.11. The van der Waals surface area contributed by atoms with E-state index in [1.807, 2.05) is 12.1 Å². The number of nitrogens with zero attached hydrogens (tertiary/aromatic N) is 4. The van der Waals surface area contributed by atoms with Crippen LogP contribution in [0.15, 0.2) is 61.1 Å². The van der Waals surface area contributed by atoms with E-state index in [2.05, 4.69) is 20.3 Å². The van der Waals surface area contributed by atoms with Gasteiger partial charge in [0.15, 0.2) is 5.75 Å². The van der Waals surface area contributed by atoms with E-state index >= 15 is 0 Å². The van der Waals surface area contributed by atoms with Gasteiger partial charge in [0.05, 0.1) is 15.6 Å². The number of halogens is 2. The van der Waals surface area contributed by atoms with Crippen LogP contribution in [-0.4, -0.2) is 19.9 Å². The zero-order chi connectivity index (χ0) is 20.4. The zero-order valence-electron chi connectivity index (χ0n) is 14.5. The predicted molar refractivity (Wildman–Crippen MR) is 110 cm³/mol. The van der Waals surface area contributed by atoms with Crippen molar-refractivity contribution in [3.8, 4) is 11.6 Å². The number of rotatable bonds is 5. The summed E-state index contributed by atoms with van der Waals surface area (Å²) in [6.45, 7) is 0. The highest BCUT2D eigenvalue weighted by Gasteiger charge is 2.26. The van der Waals surface area contributed by atoms with Gasteiger partial charge < -0.3 is 10.1 Å². The van der Waals surface area contributed by atoms with Crippen molar-refractivity contribution in [2.75, 3.05) is 5.32 Å². The molecule has 0 aliphatic rings. The molecule has 29 heavy (non-hydrogen) atoms. The monoisotopic (exact) mass is 427 g/mol. The smallest absolute Gasteiger partial charge is 0.373 e. The van der Waals surface area contributed by atoms with Crippen LogP contribution in [0.25, 0.3) is 10.9 Å². The maximum atomic E-state index is 11.8. The average Bonchev–Trinajstić information content (AvgIpc) is 2.71. The molecular formula is C19H11Cl2N5O3. The lowest BCUT2D eigenvalue weighted by Crippen LogP contribution is -2.04. The quantitative estimate of drug-likeness (QED) is 0.318. The fourth-order valence-corrected chi connectivity index (χ4v) is 3.01. The van der Waals surface area contributed by atoms with Crippen LogP contribution in [0.2, 0.25) is 10.0 Å². The van der Waals surface area contributed by atoms with Crippen LogP contribution in [0.4, 0.5) is 17.2 Å². The standard InChI is InChI=1S/C19H11Cl2N5O3/c20-12-6-7-13(21)14(9-12)25-18-17(26(27)28)19(24-10-23-18)29-15-5-1-3-11-4-2-8-22-16(11)15/h1-10H,(H,23,24,25). The number of benzene rings is 2. The van der Waals surface area contributed by atoms with Gasteiger partial charge in [-0.05, 0) is 30.3 Å². The topological polar surface area (TPSA) is 103 Å². The molecule has 0 bridgehead atoms. The van der Waals surface area contributed by atoms with Gasteiger partial charge in [-0.25, -0.2) is 4.98 Å². The van der Waals surface area contributed by atoms with Crippen molar-refractivity contribution in [1.82, 2.24) is 15.0 Å². The van der Waals surface area contributed by atoms with E-state index in [1.165, 1.54) is 6.07 Å². The van der Waals surface area contributed by atoms with Gasteiger partial charge in [-0.1, -0.05) is 41.4 Å². The summed E-state index contributed by atoms with van der Waals surface area (Å²) in [6.07, 6.45) is 2.76. The Bertz CT molecular complexity index is 1230. The van der Waals surface area contributed by atoms with E-state index in [0.717, 1.165) is 11.7 Å².